The van der Waals surface area contributed by atoms with Gasteiger partial charge in [-0.1, -0.05) is 5.21 Å². The predicted molar refractivity (Wildman–Crippen MR) is 131 cm³/mol. The molecule has 2 aromatic heterocycles. The summed E-state index contributed by atoms with van der Waals surface area (Å²) in [5.74, 6) is -0.518. The summed E-state index contributed by atoms with van der Waals surface area (Å²) in [6, 6.07) is 7.55. The van der Waals surface area contributed by atoms with Gasteiger partial charge in [-0.15, -0.1) is 5.10 Å². The summed E-state index contributed by atoms with van der Waals surface area (Å²) in [4.78, 5) is 33.4. The highest BCUT2D eigenvalue weighted by atomic mass is 16.6. The molecule has 0 bridgehead atoms. The monoisotopic (exact) mass is 538 g/mol. The molecule has 0 saturated heterocycles. The molecule has 18 nitrogen and oxygen atoms in total. The maximum absolute atomic E-state index is 12.5. The van der Waals surface area contributed by atoms with Crippen LogP contribution in [0.1, 0.15) is 28.7 Å². The molecule has 39 heavy (non-hydrogen) atoms. The van der Waals surface area contributed by atoms with E-state index >= 15 is 0 Å². The Kier molecular flexibility index (Phi) is 7.36. The summed E-state index contributed by atoms with van der Waals surface area (Å²) in [6.45, 7) is 3.52. The van der Waals surface area contributed by atoms with Crippen LogP contribution in [-0.2, 0) is 0 Å². The number of nitro groups is 2. The molecule has 200 valence electrons. The van der Waals surface area contributed by atoms with Crippen molar-refractivity contribution in [1.29, 1.82) is 0 Å². The molecule has 0 aliphatic heterocycles. The summed E-state index contributed by atoms with van der Waals surface area (Å²) in [5, 5.41) is 41.0. The minimum atomic E-state index is -0.787. The Morgan fingerprint density at radius 1 is 1.15 bits per heavy atom. The number of carbonyl (C=O) groups excluding carboxylic acids is 1. The normalized spacial score (nSPS) is 10.9. The Labute approximate surface area is 217 Å². The van der Waals surface area contributed by atoms with Gasteiger partial charge in [0.15, 0.2) is 17.2 Å². The van der Waals surface area contributed by atoms with Crippen LogP contribution in [0.2, 0.25) is 0 Å². The Hall–Kier alpha value is -5.94. The standard InChI is InChI=1S/C21H18N10O8/c1-3-37-17-8-12(4-6-16(17)38-15-7-5-13(30(33)34)9-14(15)31(35)36)10-23-25-21(32)18-11(2)29(28-24-18)20-19(22)26-39-27-20/h4-10H,3H2,1-2H3,(H2,22,26)(H,25,32)/b23-10-. The van der Waals surface area contributed by atoms with Gasteiger partial charge in [-0.3, -0.25) is 25.0 Å². The fraction of sp³-hybridized carbons (Fsp3) is 0.143. The molecular formula is C21H18N10O8. The second-order valence-corrected chi connectivity index (χ2v) is 7.51. The molecule has 0 radical (unpaired) electrons. The number of hydrogen-bond acceptors (Lipinski definition) is 14. The van der Waals surface area contributed by atoms with Crippen molar-refractivity contribution in [3.63, 3.8) is 0 Å². The number of nitrogens with two attached hydrogens (primary N) is 1. The van der Waals surface area contributed by atoms with E-state index in [-0.39, 0.29) is 41.2 Å². The summed E-state index contributed by atoms with van der Waals surface area (Å²) in [6.07, 6.45) is 1.32. The molecule has 0 aliphatic rings. The number of amides is 1. The summed E-state index contributed by atoms with van der Waals surface area (Å²) in [7, 11) is 0. The first-order valence-electron chi connectivity index (χ1n) is 10.9. The predicted octanol–water partition coefficient (Wildman–Crippen LogP) is 2.31. The number of benzene rings is 2. The average Bonchev–Trinajstić information content (AvgIpc) is 3.50. The fourth-order valence-corrected chi connectivity index (χ4v) is 3.22. The Bertz CT molecular complexity index is 1600. The molecule has 2 heterocycles. The number of nitrogen functional groups attached to an aromatic ring is 1. The second kappa shape index (κ2) is 11.0. The number of ether oxygens (including phenoxy) is 2. The number of non-ortho nitro benzene ring substituents is 1. The molecule has 0 fully saturated rings. The third kappa shape index (κ3) is 5.58. The molecule has 0 saturated carbocycles. The maximum Gasteiger partial charge on any atom is 0.318 e. The Balaban J connectivity index is 1.51. The van der Waals surface area contributed by atoms with E-state index in [2.05, 4.69) is 35.8 Å². The zero-order valence-electron chi connectivity index (χ0n) is 20.2. The van der Waals surface area contributed by atoms with Crippen LogP contribution in [0.5, 0.6) is 17.2 Å². The molecule has 0 unspecified atom stereocenters. The average molecular weight is 538 g/mol. The number of carbonyl (C=O) groups is 1. The van der Waals surface area contributed by atoms with E-state index in [9.17, 15) is 25.0 Å². The number of rotatable bonds is 10. The van der Waals surface area contributed by atoms with Crippen LogP contribution in [0, 0.1) is 27.2 Å². The molecule has 4 rings (SSSR count). The van der Waals surface area contributed by atoms with Gasteiger partial charge in [-0.05, 0) is 54.0 Å². The van der Waals surface area contributed by atoms with Crippen molar-refractivity contribution in [2.45, 2.75) is 13.8 Å². The van der Waals surface area contributed by atoms with Crippen LogP contribution in [0.25, 0.3) is 5.82 Å². The lowest BCUT2D eigenvalue weighted by Gasteiger charge is -2.12. The highest BCUT2D eigenvalue weighted by Crippen LogP contribution is 2.38. The zero-order valence-corrected chi connectivity index (χ0v) is 20.2. The molecule has 0 spiro atoms. The van der Waals surface area contributed by atoms with Gasteiger partial charge in [0.1, 0.15) is 0 Å². The van der Waals surface area contributed by atoms with Gasteiger partial charge in [-0.2, -0.15) is 9.78 Å². The molecule has 3 N–H and O–H groups in total. The highest BCUT2D eigenvalue weighted by Gasteiger charge is 2.23. The van der Waals surface area contributed by atoms with Crippen molar-refractivity contribution in [1.82, 2.24) is 30.7 Å². The third-order valence-electron chi connectivity index (χ3n) is 5.02. The first-order chi connectivity index (χ1) is 18.7. The Morgan fingerprint density at radius 3 is 2.59 bits per heavy atom. The van der Waals surface area contributed by atoms with Gasteiger partial charge in [0, 0.05) is 6.07 Å². The van der Waals surface area contributed by atoms with Crippen molar-refractivity contribution < 1.29 is 28.7 Å². The number of nitro benzene ring substituents is 2. The lowest BCUT2D eigenvalue weighted by Crippen LogP contribution is -2.19. The Morgan fingerprint density at radius 2 is 1.92 bits per heavy atom. The van der Waals surface area contributed by atoms with E-state index in [0.29, 0.717) is 11.3 Å². The van der Waals surface area contributed by atoms with E-state index in [1.54, 1.807) is 19.9 Å². The second-order valence-electron chi connectivity index (χ2n) is 7.51. The van der Waals surface area contributed by atoms with Crippen LogP contribution in [0.3, 0.4) is 0 Å². The molecule has 0 aliphatic carbocycles. The zero-order chi connectivity index (χ0) is 28.1. The van der Waals surface area contributed by atoms with Gasteiger partial charge in [0.2, 0.25) is 17.4 Å². The minimum absolute atomic E-state index is 0.0336. The van der Waals surface area contributed by atoms with Crippen LogP contribution < -0.4 is 20.6 Å². The summed E-state index contributed by atoms with van der Waals surface area (Å²) >= 11 is 0. The molecule has 4 aromatic rings. The minimum Gasteiger partial charge on any atom is -0.490 e. The first kappa shape index (κ1) is 26.1. The van der Waals surface area contributed by atoms with E-state index in [0.717, 1.165) is 18.2 Å². The molecule has 0 atom stereocenters. The van der Waals surface area contributed by atoms with Crippen LogP contribution in [0.15, 0.2) is 46.1 Å². The van der Waals surface area contributed by atoms with Crippen molar-refractivity contribution in [3.05, 3.63) is 73.6 Å². The highest BCUT2D eigenvalue weighted by molar-refractivity contribution is 5.94. The third-order valence-corrected chi connectivity index (χ3v) is 5.02. The quantitative estimate of drug-likeness (QED) is 0.167. The van der Waals surface area contributed by atoms with E-state index in [1.165, 1.54) is 23.0 Å². The van der Waals surface area contributed by atoms with Crippen LogP contribution >= 0.6 is 0 Å². The number of hydrazone groups is 1. The fourth-order valence-electron chi connectivity index (χ4n) is 3.22. The summed E-state index contributed by atoms with van der Waals surface area (Å²) in [5.41, 5.74) is 7.67. The number of nitrogens with one attached hydrogen (secondary N) is 1. The topological polar surface area (TPSA) is 242 Å². The summed E-state index contributed by atoms with van der Waals surface area (Å²) < 4.78 is 16.9. The van der Waals surface area contributed by atoms with E-state index in [1.807, 2.05) is 0 Å². The van der Waals surface area contributed by atoms with Gasteiger partial charge in [-0.25, -0.2) is 10.1 Å². The van der Waals surface area contributed by atoms with Crippen molar-refractivity contribution in [2.24, 2.45) is 5.10 Å². The van der Waals surface area contributed by atoms with Gasteiger partial charge in [0.25, 0.3) is 11.6 Å². The number of hydrogen-bond donors (Lipinski definition) is 2. The van der Waals surface area contributed by atoms with E-state index < -0.39 is 27.1 Å². The van der Waals surface area contributed by atoms with Crippen LogP contribution in [-0.4, -0.2) is 53.9 Å². The lowest BCUT2D eigenvalue weighted by molar-refractivity contribution is -0.394. The van der Waals surface area contributed by atoms with Crippen LogP contribution in [0.4, 0.5) is 17.2 Å². The molecule has 2 aromatic carbocycles. The van der Waals surface area contributed by atoms with Crippen molar-refractivity contribution in [3.8, 4) is 23.1 Å². The molecular weight excluding hydrogens is 520 g/mol. The van der Waals surface area contributed by atoms with Crippen molar-refractivity contribution in [2.75, 3.05) is 12.3 Å². The number of nitrogens with zero attached hydrogens (tertiary/aromatic N) is 8. The van der Waals surface area contributed by atoms with E-state index in [4.69, 9.17) is 15.2 Å². The molecule has 18 heteroatoms. The van der Waals surface area contributed by atoms with Gasteiger partial charge >= 0.3 is 5.69 Å². The number of aromatic nitrogens is 5. The van der Waals surface area contributed by atoms with Crippen molar-refractivity contribution >= 4 is 29.3 Å². The lowest BCUT2D eigenvalue weighted by atomic mass is 10.2. The largest absolute Gasteiger partial charge is 0.490 e. The smallest absolute Gasteiger partial charge is 0.318 e. The first-order valence-corrected chi connectivity index (χ1v) is 10.9. The van der Waals surface area contributed by atoms with Gasteiger partial charge in [0.05, 0.1) is 34.4 Å². The number of anilines is 1. The molecule has 1 amide bonds. The SMILES string of the molecule is CCOc1cc(/C=N\NC(=O)c2nnn(-c3nonc3N)c2C)ccc1Oc1ccc([N+](=O)[O-])cc1[N+](=O)[O-]. The maximum atomic E-state index is 12.5. The van der Waals surface area contributed by atoms with Gasteiger partial charge < -0.3 is 15.2 Å².